The minimum absolute atomic E-state index is 0.200. The first-order valence-electron chi connectivity index (χ1n) is 15.4. The van der Waals surface area contributed by atoms with Gasteiger partial charge < -0.3 is 0 Å². The molecule has 0 aliphatic rings. The van der Waals surface area contributed by atoms with E-state index in [-0.39, 0.29) is 29.7 Å². The molecule has 0 atom stereocenters. The zero-order valence-corrected chi connectivity index (χ0v) is 21.7. The highest BCUT2D eigenvalue weighted by atomic mass is 32.1. The molecule has 7 aromatic carbocycles. The lowest BCUT2D eigenvalue weighted by Gasteiger charge is -2.19. The third-order valence-corrected chi connectivity index (χ3v) is 8.68. The van der Waals surface area contributed by atoms with E-state index in [4.69, 9.17) is 6.85 Å². The molecular weight excluding hydrogens is 488 g/mol. The Balaban J connectivity index is 1.54. The minimum atomic E-state index is -0.392. The molecule has 0 saturated heterocycles. The Bertz CT molecular complexity index is 2410. The molecule has 0 nitrogen and oxygen atoms in total. The van der Waals surface area contributed by atoms with Crippen molar-refractivity contribution in [3.8, 4) is 33.4 Å². The molecule has 0 bridgehead atoms. The second kappa shape index (κ2) is 8.94. The largest absolute Gasteiger partial charge is 0.135 e. The Labute approximate surface area is 238 Å². The van der Waals surface area contributed by atoms with Gasteiger partial charge >= 0.3 is 0 Å². The molecule has 0 spiro atoms. The van der Waals surface area contributed by atoms with Gasteiger partial charge in [-0.25, -0.2) is 0 Å². The number of thiophene rings is 1. The van der Waals surface area contributed by atoms with Crippen LogP contribution >= 0.6 is 11.3 Å². The smallest absolute Gasteiger partial charge is 0.0629 e. The lowest BCUT2D eigenvalue weighted by atomic mass is 9.85. The van der Waals surface area contributed by atoms with Gasteiger partial charge in [0, 0.05) is 20.2 Å². The molecule has 8 rings (SSSR count). The van der Waals surface area contributed by atoms with Gasteiger partial charge in [-0.2, -0.15) is 0 Å². The van der Waals surface area contributed by atoms with E-state index in [1.165, 1.54) is 20.2 Å². The molecule has 8 aromatic rings. The summed E-state index contributed by atoms with van der Waals surface area (Å²) in [6.45, 7) is 0. The Morgan fingerprint density at radius 1 is 0.385 bits per heavy atom. The minimum Gasteiger partial charge on any atom is -0.135 e. The normalized spacial score (nSPS) is 13.4. The van der Waals surface area contributed by atoms with Crippen LogP contribution in [0.1, 0.15) is 6.85 Å². The Kier molecular flexibility index (Phi) is 4.06. The Morgan fingerprint density at radius 2 is 0.974 bits per heavy atom. The third kappa shape index (κ3) is 3.59. The van der Waals surface area contributed by atoms with Crippen molar-refractivity contribution in [3.05, 3.63) is 145 Å². The maximum atomic E-state index is 8.89. The topological polar surface area (TPSA) is 0 Å². The molecule has 0 aliphatic carbocycles. The fourth-order valence-electron chi connectivity index (χ4n) is 5.83. The van der Waals surface area contributed by atoms with Crippen LogP contribution in [-0.4, -0.2) is 0 Å². The van der Waals surface area contributed by atoms with Crippen LogP contribution in [0, 0.1) is 0 Å². The summed E-state index contributed by atoms with van der Waals surface area (Å²) in [6, 6.07) is 38.2. The van der Waals surface area contributed by atoms with Crippen molar-refractivity contribution in [2.45, 2.75) is 0 Å². The van der Waals surface area contributed by atoms with Gasteiger partial charge in [0.15, 0.2) is 0 Å². The summed E-state index contributed by atoms with van der Waals surface area (Å²) in [5.41, 5.74) is 5.13. The van der Waals surface area contributed by atoms with Crippen molar-refractivity contribution in [1.29, 1.82) is 0 Å². The van der Waals surface area contributed by atoms with Gasteiger partial charge in [0.1, 0.15) is 0 Å². The fraction of sp³-hybridized carbons (Fsp3) is 0. The van der Waals surface area contributed by atoms with E-state index < -0.39 is 6.04 Å². The number of hydrogen-bond acceptors (Lipinski definition) is 1. The quantitative estimate of drug-likeness (QED) is 0.204. The summed E-state index contributed by atoms with van der Waals surface area (Å²) in [5.74, 6) is 0. The number of rotatable bonds is 3. The van der Waals surface area contributed by atoms with Crippen LogP contribution in [-0.2, 0) is 0 Å². The van der Waals surface area contributed by atoms with E-state index in [1.54, 1.807) is 11.3 Å². The summed E-state index contributed by atoms with van der Waals surface area (Å²) in [4.78, 5) is 0. The van der Waals surface area contributed by atoms with Gasteiger partial charge in [-0.05, 0) is 73.1 Å². The second-order valence-electron chi connectivity index (χ2n) is 9.73. The molecule has 0 fully saturated rings. The SMILES string of the molecule is [2H]c1c([2H])c([2H])c(-c2c3ccccc3c(-c3ccc4c(c3)sc3ccccc34)c3cc(-c4ccccc4)ccc23)c([2H])c1[2H]. The van der Waals surface area contributed by atoms with Crippen LogP contribution in [0.25, 0.3) is 75.1 Å². The maximum absolute atomic E-state index is 8.89. The zero-order valence-electron chi connectivity index (χ0n) is 25.9. The van der Waals surface area contributed by atoms with Crippen molar-refractivity contribution >= 4 is 53.1 Å². The maximum Gasteiger partial charge on any atom is 0.0629 e. The van der Waals surface area contributed by atoms with Crippen molar-refractivity contribution in [1.82, 2.24) is 0 Å². The molecule has 0 radical (unpaired) electrons. The standard InChI is InChI=1S/C38H24S/c1-3-11-25(12-4-1)27-19-22-33-34(23-27)38(28-20-21-30-29-15-9-10-18-35(29)39-36(30)24-28)32-17-8-7-16-31(32)37(33)26-13-5-2-6-14-26/h1-24H/i2D,5D,6D,13D,14D. The average Bonchev–Trinajstić information content (AvgIpc) is 3.44. The number of benzene rings is 7. The molecule has 39 heavy (non-hydrogen) atoms. The van der Waals surface area contributed by atoms with Crippen LogP contribution in [0.2, 0.25) is 0 Å². The average molecular weight is 518 g/mol. The summed E-state index contributed by atoms with van der Waals surface area (Å²) < 4.78 is 45.3. The number of hydrogen-bond donors (Lipinski definition) is 0. The highest BCUT2D eigenvalue weighted by Crippen LogP contribution is 2.46. The predicted octanol–water partition coefficient (Wildman–Crippen LogP) is 11.4. The lowest BCUT2D eigenvalue weighted by molar-refractivity contribution is 1.63. The van der Waals surface area contributed by atoms with E-state index >= 15 is 0 Å². The van der Waals surface area contributed by atoms with E-state index in [2.05, 4.69) is 72.8 Å². The lowest BCUT2D eigenvalue weighted by Crippen LogP contribution is -1.91. The molecule has 0 amide bonds. The van der Waals surface area contributed by atoms with Gasteiger partial charge in [0.2, 0.25) is 0 Å². The van der Waals surface area contributed by atoms with Crippen LogP contribution in [0.4, 0.5) is 0 Å². The van der Waals surface area contributed by atoms with Gasteiger partial charge in [0.05, 0.1) is 6.85 Å². The van der Waals surface area contributed by atoms with Gasteiger partial charge in [0.25, 0.3) is 0 Å². The van der Waals surface area contributed by atoms with E-state index in [9.17, 15) is 0 Å². The first-order valence-corrected chi connectivity index (χ1v) is 13.8. The molecule has 0 N–H and O–H groups in total. The van der Waals surface area contributed by atoms with E-state index in [0.717, 1.165) is 43.8 Å². The van der Waals surface area contributed by atoms with Crippen molar-refractivity contribution < 1.29 is 6.85 Å². The molecule has 0 saturated carbocycles. The summed E-state index contributed by atoms with van der Waals surface area (Å²) in [7, 11) is 0. The Morgan fingerprint density at radius 3 is 1.77 bits per heavy atom. The van der Waals surface area contributed by atoms with E-state index in [1.807, 2.05) is 42.5 Å². The monoisotopic (exact) mass is 517 g/mol. The molecule has 0 unspecified atom stereocenters. The third-order valence-electron chi connectivity index (χ3n) is 7.55. The molecule has 1 aromatic heterocycles. The number of fused-ring (bicyclic) bond motifs is 5. The first kappa shape index (κ1) is 17.7. The van der Waals surface area contributed by atoms with E-state index in [0.29, 0.717) is 5.56 Å². The van der Waals surface area contributed by atoms with Crippen molar-refractivity contribution in [2.75, 3.05) is 0 Å². The molecule has 182 valence electrons. The first-order chi connectivity index (χ1) is 21.4. The molecular formula is C38H24S. The Hall–Kier alpha value is -4.72. The van der Waals surface area contributed by atoms with Crippen molar-refractivity contribution in [3.63, 3.8) is 0 Å². The van der Waals surface area contributed by atoms with Gasteiger partial charge in [-0.1, -0.05) is 127 Å². The van der Waals surface area contributed by atoms with Crippen LogP contribution in [0.15, 0.2) is 145 Å². The fourth-order valence-corrected chi connectivity index (χ4v) is 6.97. The van der Waals surface area contributed by atoms with Gasteiger partial charge in [-0.3, -0.25) is 0 Å². The second-order valence-corrected chi connectivity index (χ2v) is 10.8. The summed E-state index contributed by atoms with van der Waals surface area (Å²) in [5, 5.41) is 6.09. The van der Waals surface area contributed by atoms with Crippen LogP contribution in [0.3, 0.4) is 0 Å². The predicted molar refractivity (Wildman–Crippen MR) is 171 cm³/mol. The highest BCUT2D eigenvalue weighted by Gasteiger charge is 2.18. The summed E-state index contributed by atoms with van der Waals surface area (Å²) in [6.07, 6.45) is 0. The zero-order chi connectivity index (χ0) is 30.1. The highest BCUT2D eigenvalue weighted by molar-refractivity contribution is 7.25. The van der Waals surface area contributed by atoms with Crippen molar-refractivity contribution in [2.24, 2.45) is 0 Å². The van der Waals surface area contributed by atoms with Crippen LogP contribution in [0.5, 0.6) is 0 Å². The van der Waals surface area contributed by atoms with Crippen LogP contribution < -0.4 is 0 Å². The molecule has 1 heterocycles. The molecule has 0 aliphatic heterocycles. The summed E-state index contributed by atoms with van der Waals surface area (Å²) >= 11 is 1.78. The van der Waals surface area contributed by atoms with Gasteiger partial charge in [-0.15, -0.1) is 11.3 Å². The molecule has 1 heteroatoms.